The number of nitrogens with zero attached hydrogens (tertiary/aromatic N) is 1. The normalized spacial score (nSPS) is 14.4. The molecule has 172 valence electrons. The first kappa shape index (κ1) is 23.5. The van der Waals surface area contributed by atoms with Crippen molar-refractivity contribution >= 4 is 46.6 Å². The number of carbonyl (C=O) groups excluding carboxylic acids is 2. The van der Waals surface area contributed by atoms with Gasteiger partial charge in [0.15, 0.2) is 0 Å². The fourth-order valence-electron chi connectivity index (χ4n) is 3.39. The number of rotatable bonds is 7. The number of carbonyl (C=O) groups is 3. The molecule has 0 bridgehead atoms. The van der Waals surface area contributed by atoms with E-state index in [2.05, 4.69) is 27.9 Å². The third-order valence-corrected chi connectivity index (χ3v) is 6.13. The highest BCUT2D eigenvalue weighted by molar-refractivity contribution is 14.1. The molecule has 0 unspecified atom stereocenters. The number of carboxylic acids is 1. The summed E-state index contributed by atoms with van der Waals surface area (Å²) in [5.74, 6) is -0.680. The summed E-state index contributed by atoms with van der Waals surface area (Å²) < 4.78 is 6.69. The average Bonchev–Trinajstić information content (AvgIpc) is 3.07. The summed E-state index contributed by atoms with van der Waals surface area (Å²) in [6.07, 6.45) is 1.64. The van der Waals surface area contributed by atoms with Gasteiger partial charge in [-0.2, -0.15) is 0 Å². The molecule has 3 aromatic carbocycles. The lowest BCUT2D eigenvalue weighted by atomic mass is 10.1. The van der Waals surface area contributed by atoms with Gasteiger partial charge in [0.2, 0.25) is 0 Å². The van der Waals surface area contributed by atoms with Crippen LogP contribution in [0.25, 0.3) is 6.08 Å². The van der Waals surface area contributed by atoms with Gasteiger partial charge in [0, 0.05) is 0 Å². The fourth-order valence-corrected chi connectivity index (χ4v) is 4.08. The Bertz CT molecular complexity index is 1280. The lowest BCUT2D eigenvalue weighted by Crippen LogP contribution is -2.30. The highest BCUT2D eigenvalue weighted by atomic mass is 127. The predicted molar refractivity (Wildman–Crippen MR) is 135 cm³/mol. The summed E-state index contributed by atoms with van der Waals surface area (Å²) in [5, 5.41) is 11.6. The summed E-state index contributed by atoms with van der Waals surface area (Å²) in [6.45, 7) is 2.48. The zero-order valence-corrected chi connectivity index (χ0v) is 20.4. The number of nitrogens with one attached hydrogen (secondary N) is 1. The van der Waals surface area contributed by atoms with Crippen LogP contribution in [0.1, 0.15) is 32.6 Å². The van der Waals surface area contributed by atoms with Gasteiger partial charge in [-0.05, 0) is 76.5 Å². The van der Waals surface area contributed by atoms with Crippen LogP contribution in [0, 0.1) is 10.5 Å². The van der Waals surface area contributed by atoms with Gasteiger partial charge in [-0.15, -0.1) is 0 Å². The number of urea groups is 1. The van der Waals surface area contributed by atoms with E-state index in [1.165, 1.54) is 17.0 Å². The second kappa shape index (κ2) is 10.1. The lowest BCUT2D eigenvalue weighted by molar-refractivity contribution is -0.123. The topological polar surface area (TPSA) is 95.9 Å². The van der Waals surface area contributed by atoms with E-state index in [0.29, 0.717) is 12.4 Å². The van der Waals surface area contributed by atoms with Crippen LogP contribution in [0.5, 0.6) is 5.75 Å². The number of amides is 3. The number of benzene rings is 3. The van der Waals surface area contributed by atoms with E-state index < -0.39 is 12.0 Å². The smallest absolute Gasteiger partial charge is 0.335 e. The van der Waals surface area contributed by atoms with Crippen molar-refractivity contribution in [3.05, 3.63) is 104 Å². The Hall–Kier alpha value is -3.66. The summed E-state index contributed by atoms with van der Waals surface area (Å²) in [4.78, 5) is 37.3. The number of hydrogen-bond donors (Lipinski definition) is 2. The van der Waals surface area contributed by atoms with Crippen LogP contribution in [0.2, 0.25) is 0 Å². The summed E-state index contributed by atoms with van der Waals surface area (Å²) in [7, 11) is 0. The first-order chi connectivity index (χ1) is 16.3. The van der Waals surface area contributed by atoms with Crippen molar-refractivity contribution in [1.29, 1.82) is 0 Å². The lowest BCUT2D eigenvalue weighted by Gasteiger charge is -2.12. The molecule has 7 nitrogen and oxygen atoms in total. The van der Waals surface area contributed by atoms with E-state index in [0.717, 1.165) is 25.8 Å². The zero-order valence-electron chi connectivity index (χ0n) is 18.2. The quantitative estimate of drug-likeness (QED) is 0.239. The molecule has 0 aromatic heterocycles. The van der Waals surface area contributed by atoms with Crippen molar-refractivity contribution in [2.45, 2.75) is 20.1 Å². The summed E-state index contributed by atoms with van der Waals surface area (Å²) in [5.41, 5.74) is 4.04. The molecule has 1 saturated heterocycles. The van der Waals surface area contributed by atoms with Crippen molar-refractivity contribution in [1.82, 2.24) is 10.2 Å². The summed E-state index contributed by atoms with van der Waals surface area (Å²) >= 11 is 2.15. The molecule has 34 heavy (non-hydrogen) atoms. The van der Waals surface area contributed by atoms with Crippen molar-refractivity contribution in [3.8, 4) is 5.75 Å². The fraction of sp³-hybridized carbons (Fsp3) is 0.115. The van der Waals surface area contributed by atoms with E-state index in [1.807, 2.05) is 37.3 Å². The minimum Gasteiger partial charge on any atom is -0.488 e. The van der Waals surface area contributed by atoms with Crippen LogP contribution in [0.15, 0.2) is 72.4 Å². The van der Waals surface area contributed by atoms with Gasteiger partial charge in [-0.3, -0.25) is 9.69 Å². The van der Waals surface area contributed by atoms with Crippen molar-refractivity contribution in [2.75, 3.05) is 0 Å². The number of imide groups is 1. The second-order valence-electron chi connectivity index (χ2n) is 7.85. The molecule has 0 aliphatic carbocycles. The Labute approximate surface area is 210 Å². The molecular formula is C26H21IN2O5. The minimum atomic E-state index is -0.970. The molecule has 1 aliphatic rings. The molecule has 8 heteroatoms. The van der Waals surface area contributed by atoms with E-state index in [4.69, 9.17) is 9.84 Å². The Kier molecular flexibility index (Phi) is 6.97. The third kappa shape index (κ3) is 5.45. The van der Waals surface area contributed by atoms with Crippen LogP contribution in [-0.4, -0.2) is 27.9 Å². The van der Waals surface area contributed by atoms with E-state index in [-0.39, 0.29) is 23.7 Å². The van der Waals surface area contributed by atoms with Gasteiger partial charge in [-0.1, -0.05) is 48.0 Å². The van der Waals surface area contributed by atoms with Crippen molar-refractivity contribution in [2.24, 2.45) is 0 Å². The number of halogens is 1. The number of carboxylic acid groups (broad SMARTS) is 1. The maximum atomic E-state index is 12.8. The van der Waals surface area contributed by atoms with Crippen molar-refractivity contribution < 1.29 is 24.2 Å². The number of ether oxygens (including phenoxy) is 1. The van der Waals surface area contributed by atoms with Crippen LogP contribution < -0.4 is 10.1 Å². The first-order valence-electron chi connectivity index (χ1n) is 10.4. The Morgan fingerprint density at radius 3 is 2.35 bits per heavy atom. The Morgan fingerprint density at radius 1 is 1.03 bits per heavy atom. The van der Waals surface area contributed by atoms with E-state index >= 15 is 0 Å². The van der Waals surface area contributed by atoms with Crippen LogP contribution >= 0.6 is 22.6 Å². The molecule has 2 N–H and O–H groups in total. The maximum Gasteiger partial charge on any atom is 0.335 e. The molecule has 0 saturated carbocycles. The second-order valence-corrected chi connectivity index (χ2v) is 9.01. The Morgan fingerprint density at radius 2 is 1.71 bits per heavy atom. The maximum absolute atomic E-state index is 12.8. The highest BCUT2D eigenvalue weighted by Gasteiger charge is 2.33. The van der Waals surface area contributed by atoms with Gasteiger partial charge < -0.3 is 15.2 Å². The largest absolute Gasteiger partial charge is 0.488 e. The van der Waals surface area contributed by atoms with Gasteiger partial charge >= 0.3 is 12.0 Å². The molecule has 0 radical (unpaired) electrons. The Balaban J connectivity index is 1.42. The molecule has 4 rings (SSSR count). The standard InChI is InChI=1S/C26H21IN2O5/c1-16-2-4-17(5-3-16)14-29-24(30)22(28-26(29)33)13-19-8-11-23(21(27)12-19)34-15-18-6-9-20(10-7-18)25(31)32/h2-13H,14-15H2,1H3,(H,28,33)(H,31,32)/b22-13+. The molecule has 0 spiro atoms. The highest BCUT2D eigenvalue weighted by Crippen LogP contribution is 2.25. The zero-order chi connectivity index (χ0) is 24.2. The molecule has 0 atom stereocenters. The molecule has 1 heterocycles. The average molecular weight is 568 g/mol. The van der Waals surface area contributed by atoms with Crippen LogP contribution in [0.4, 0.5) is 4.79 Å². The molecule has 1 aliphatic heterocycles. The molecule has 3 aromatic rings. The number of aromatic carboxylic acids is 1. The van der Waals surface area contributed by atoms with Crippen LogP contribution in [-0.2, 0) is 17.9 Å². The molecule has 1 fully saturated rings. The van der Waals surface area contributed by atoms with E-state index in [9.17, 15) is 14.4 Å². The van der Waals surface area contributed by atoms with Gasteiger partial charge in [0.1, 0.15) is 18.1 Å². The number of hydrogen-bond acceptors (Lipinski definition) is 4. The van der Waals surface area contributed by atoms with Gasteiger partial charge in [-0.25, -0.2) is 9.59 Å². The van der Waals surface area contributed by atoms with Crippen molar-refractivity contribution in [3.63, 3.8) is 0 Å². The molecular weight excluding hydrogens is 547 g/mol. The number of aryl methyl sites for hydroxylation is 1. The van der Waals surface area contributed by atoms with Gasteiger partial charge in [0.05, 0.1) is 15.7 Å². The molecule has 3 amide bonds. The van der Waals surface area contributed by atoms with Crippen LogP contribution in [0.3, 0.4) is 0 Å². The minimum absolute atomic E-state index is 0.208. The first-order valence-corrected chi connectivity index (χ1v) is 11.5. The van der Waals surface area contributed by atoms with E-state index in [1.54, 1.807) is 30.3 Å². The monoisotopic (exact) mass is 568 g/mol. The predicted octanol–water partition coefficient (Wildman–Crippen LogP) is 4.97. The summed E-state index contributed by atoms with van der Waals surface area (Å²) in [6, 6.07) is 19.2. The van der Waals surface area contributed by atoms with Gasteiger partial charge in [0.25, 0.3) is 5.91 Å². The third-order valence-electron chi connectivity index (χ3n) is 5.29. The SMILES string of the molecule is Cc1ccc(CN2C(=O)N/C(=C/c3ccc(OCc4ccc(C(=O)O)cc4)c(I)c3)C2=O)cc1.